The van der Waals surface area contributed by atoms with Gasteiger partial charge in [0.15, 0.2) is 0 Å². The number of carbonyl (C=O) groups is 2. The van der Waals surface area contributed by atoms with Gasteiger partial charge in [0.25, 0.3) is 0 Å². The molecule has 5 nitrogen and oxygen atoms in total. The lowest BCUT2D eigenvalue weighted by Crippen LogP contribution is -2.42. The van der Waals surface area contributed by atoms with Gasteiger partial charge < -0.3 is 15.7 Å². The highest BCUT2D eigenvalue weighted by atomic mass is 16.4. The molecule has 1 aliphatic rings. The molecule has 1 aromatic carbocycles. The van der Waals surface area contributed by atoms with Crippen molar-refractivity contribution in [2.75, 3.05) is 0 Å². The maximum absolute atomic E-state index is 11.8. The maximum Gasteiger partial charge on any atom is 0.310 e. The van der Waals surface area contributed by atoms with Crippen LogP contribution < -0.4 is 10.6 Å². The highest BCUT2D eigenvalue weighted by Gasteiger charge is 2.25. The summed E-state index contributed by atoms with van der Waals surface area (Å²) in [5, 5.41) is 15.1. The summed E-state index contributed by atoms with van der Waals surface area (Å²) < 4.78 is 0. The first kappa shape index (κ1) is 15.5. The van der Waals surface area contributed by atoms with E-state index in [-0.39, 0.29) is 11.9 Å². The van der Waals surface area contributed by atoms with E-state index in [4.69, 9.17) is 5.11 Å². The normalized spacial score (nSPS) is 17.0. The topological polar surface area (TPSA) is 78.4 Å². The van der Waals surface area contributed by atoms with Gasteiger partial charge in [-0.2, -0.15) is 0 Å². The smallest absolute Gasteiger partial charge is 0.310 e. The van der Waals surface area contributed by atoms with Crippen LogP contribution in [0.2, 0.25) is 0 Å². The van der Waals surface area contributed by atoms with Gasteiger partial charge >= 0.3 is 5.97 Å². The molecule has 5 heteroatoms. The van der Waals surface area contributed by atoms with Crippen LogP contribution in [0.25, 0.3) is 0 Å². The molecule has 2 atom stereocenters. The standard InChI is InChI=1S/C16H22N2O3/c1-10(16(20)21)13-5-3-12(4-6-13)9-17-11(2)15(19)18-14-7-8-14/h3-6,10-11,14,17H,7-9H2,1-2H3,(H,18,19)(H,20,21). The van der Waals surface area contributed by atoms with Crippen LogP contribution in [0, 0.1) is 0 Å². The van der Waals surface area contributed by atoms with Crippen LogP contribution in [0.1, 0.15) is 43.7 Å². The number of nitrogens with one attached hydrogen (secondary N) is 2. The van der Waals surface area contributed by atoms with E-state index in [9.17, 15) is 9.59 Å². The predicted molar refractivity (Wildman–Crippen MR) is 80.0 cm³/mol. The Morgan fingerprint density at radius 2 is 1.86 bits per heavy atom. The van der Waals surface area contributed by atoms with Gasteiger partial charge in [-0.1, -0.05) is 24.3 Å². The molecule has 0 saturated heterocycles. The Morgan fingerprint density at radius 3 is 2.38 bits per heavy atom. The third-order valence-electron chi connectivity index (χ3n) is 3.78. The van der Waals surface area contributed by atoms with Crippen LogP contribution >= 0.6 is 0 Å². The van der Waals surface area contributed by atoms with Gasteiger partial charge in [-0.3, -0.25) is 9.59 Å². The van der Waals surface area contributed by atoms with E-state index >= 15 is 0 Å². The molecule has 0 bridgehead atoms. The number of benzene rings is 1. The molecule has 1 aromatic rings. The van der Waals surface area contributed by atoms with Crippen molar-refractivity contribution in [3.63, 3.8) is 0 Å². The molecule has 21 heavy (non-hydrogen) atoms. The molecule has 1 saturated carbocycles. The number of carboxylic acids is 1. The Bertz CT molecular complexity index is 509. The number of hydrogen-bond donors (Lipinski definition) is 3. The van der Waals surface area contributed by atoms with Crippen LogP contribution in [0.4, 0.5) is 0 Å². The largest absolute Gasteiger partial charge is 0.481 e. The van der Waals surface area contributed by atoms with E-state index in [1.54, 1.807) is 6.92 Å². The fourth-order valence-corrected chi connectivity index (χ4v) is 1.98. The minimum absolute atomic E-state index is 0.0358. The van der Waals surface area contributed by atoms with Crippen LogP contribution in [-0.2, 0) is 16.1 Å². The molecule has 0 aromatic heterocycles. The van der Waals surface area contributed by atoms with E-state index in [2.05, 4.69) is 10.6 Å². The highest BCUT2D eigenvalue weighted by molar-refractivity contribution is 5.81. The summed E-state index contributed by atoms with van der Waals surface area (Å²) in [5.74, 6) is -1.30. The molecule has 0 spiro atoms. The van der Waals surface area contributed by atoms with Crippen molar-refractivity contribution in [1.29, 1.82) is 0 Å². The van der Waals surface area contributed by atoms with Crippen LogP contribution in [0.3, 0.4) is 0 Å². The Morgan fingerprint density at radius 1 is 1.24 bits per heavy atom. The average molecular weight is 290 g/mol. The fourth-order valence-electron chi connectivity index (χ4n) is 1.98. The Labute approximate surface area is 124 Å². The zero-order valence-corrected chi connectivity index (χ0v) is 12.4. The molecule has 0 aliphatic heterocycles. The Kier molecular flexibility index (Phi) is 4.96. The van der Waals surface area contributed by atoms with Crippen LogP contribution in [0.5, 0.6) is 0 Å². The molecule has 2 unspecified atom stereocenters. The van der Waals surface area contributed by atoms with Gasteiger partial charge in [-0.05, 0) is 37.8 Å². The molecule has 3 N–H and O–H groups in total. The van der Waals surface area contributed by atoms with Gasteiger partial charge in [0.2, 0.25) is 5.91 Å². The van der Waals surface area contributed by atoms with Crippen molar-refractivity contribution in [2.45, 2.75) is 51.2 Å². The summed E-state index contributed by atoms with van der Waals surface area (Å²) >= 11 is 0. The molecular formula is C16H22N2O3. The quantitative estimate of drug-likeness (QED) is 0.713. The third kappa shape index (κ3) is 4.56. The number of carboxylic acid groups (broad SMARTS) is 1. The van der Waals surface area contributed by atoms with Crippen molar-refractivity contribution < 1.29 is 14.7 Å². The lowest BCUT2D eigenvalue weighted by Gasteiger charge is -2.14. The number of carbonyl (C=O) groups excluding carboxylic acids is 1. The second-order valence-electron chi connectivity index (χ2n) is 5.69. The third-order valence-corrected chi connectivity index (χ3v) is 3.78. The van der Waals surface area contributed by atoms with Gasteiger partial charge in [-0.15, -0.1) is 0 Å². The summed E-state index contributed by atoms with van der Waals surface area (Å²) in [6.07, 6.45) is 2.17. The molecule has 0 radical (unpaired) electrons. The minimum Gasteiger partial charge on any atom is -0.481 e. The van der Waals surface area contributed by atoms with E-state index in [1.807, 2.05) is 31.2 Å². The number of aliphatic carboxylic acids is 1. The fraction of sp³-hybridized carbons (Fsp3) is 0.500. The molecule has 1 fully saturated rings. The Balaban J connectivity index is 1.82. The summed E-state index contributed by atoms with van der Waals surface area (Å²) in [7, 11) is 0. The Hall–Kier alpha value is -1.88. The minimum atomic E-state index is -0.828. The second-order valence-corrected chi connectivity index (χ2v) is 5.69. The highest BCUT2D eigenvalue weighted by Crippen LogP contribution is 2.18. The van der Waals surface area contributed by atoms with Gasteiger partial charge in [-0.25, -0.2) is 0 Å². The van der Waals surface area contributed by atoms with E-state index in [0.717, 1.165) is 24.0 Å². The van der Waals surface area contributed by atoms with Crippen molar-refractivity contribution >= 4 is 11.9 Å². The van der Waals surface area contributed by atoms with Crippen molar-refractivity contribution in [3.8, 4) is 0 Å². The van der Waals surface area contributed by atoms with Gasteiger partial charge in [0.05, 0.1) is 12.0 Å². The number of hydrogen-bond acceptors (Lipinski definition) is 3. The second kappa shape index (κ2) is 6.72. The molecule has 1 amide bonds. The first-order valence-corrected chi connectivity index (χ1v) is 7.32. The molecule has 2 rings (SSSR count). The lowest BCUT2D eigenvalue weighted by atomic mass is 10.00. The molecular weight excluding hydrogens is 268 g/mol. The summed E-state index contributed by atoms with van der Waals surface area (Å²) in [6, 6.07) is 7.58. The first-order chi connectivity index (χ1) is 9.97. The SMILES string of the molecule is CC(NCc1ccc(C(C)C(=O)O)cc1)C(=O)NC1CC1. The summed E-state index contributed by atoms with van der Waals surface area (Å²) in [4.78, 5) is 22.7. The predicted octanol–water partition coefficient (Wildman–Crippen LogP) is 1.63. The van der Waals surface area contributed by atoms with Gasteiger partial charge in [0, 0.05) is 12.6 Å². The van der Waals surface area contributed by atoms with Crippen molar-refractivity contribution in [3.05, 3.63) is 35.4 Å². The maximum atomic E-state index is 11.8. The zero-order valence-electron chi connectivity index (χ0n) is 12.4. The average Bonchev–Trinajstić information content (AvgIpc) is 3.28. The van der Waals surface area contributed by atoms with E-state index in [1.165, 1.54) is 0 Å². The summed E-state index contributed by atoms with van der Waals surface area (Å²) in [5.41, 5.74) is 1.81. The van der Waals surface area contributed by atoms with E-state index in [0.29, 0.717) is 12.6 Å². The van der Waals surface area contributed by atoms with Crippen molar-refractivity contribution in [1.82, 2.24) is 10.6 Å². The summed E-state index contributed by atoms with van der Waals surface area (Å²) in [6.45, 7) is 4.10. The first-order valence-electron chi connectivity index (χ1n) is 7.32. The number of rotatable bonds is 7. The van der Waals surface area contributed by atoms with Gasteiger partial charge in [0.1, 0.15) is 0 Å². The van der Waals surface area contributed by atoms with E-state index < -0.39 is 11.9 Å². The monoisotopic (exact) mass is 290 g/mol. The molecule has 0 heterocycles. The molecule has 1 aliphatic carbocycles. The number of amides is 1. The van der Waals surface area contributed by atoms with Crippen molar-refractivity contribution in [2.24, 2.45) is 0 Å². The zero-order chi connectivity index (χ0) is 15.4. The lowest BCUT2D eigenvalue weighted by molar-refractivity contribution is -0.138. The van der Waals surface area contributed by atoms with Crippen LogP contribution in [-0.4, -0.2) is 29.1 Å². The van der Waals surface area contributed by atoms with Crippen LogP contribution in [0.15, 0.2) is 24.3 Å². The molecule has 114 valence electrons.